The van der Waals surface area contributed by atoms with Gasteiger partial charge in [-0.3, -0.25) is 0 Å². The van der Waals surface area contributed by atoms with E-state index in [9.17, 15) is 8.42 Å². The average molecular weight is 414 g/mol. The molecule has 124 valence electrons. The van der Waals surface area contributed by atoms with Crippen LogP contribution in [0.1, 0.15) is 42.9 Å². The first-order chi connectivity index (χ1) is 11.0. The fourth-order valence-corrected chi connectivity index (χ4v) is 6.86. The molecule has 0 N–H and O–H groups in total. The van der Waals surface area contributed by atoms with E-state index in [4.69, 9.17) is 0 Å². The Morgan fingerprint density at radius 1 is 1.09 bits per heavy atom. The van der Waals surface area contributed by atoms with Gasteiger partial charge in [0.2, 0.25) is 0 Å². The molecule has 1 aliphatic rings. The summed E-state index contributed by atoms with van der Waals surface area (Å²) in [5.74, 6) is 0. The van der Waals surface area contributed by atoms with Crippen LogP contribution < -0.4 is 0 Å². The van der Waals surface area contributed by atoms with Crippen LogP contribution in [-0.4, -0.2) is 19.3 Å². The van der Waals surface area contributed by atoms with Crippen LogP contribution in [0.4, 0.5) is 0 Å². The molecule has 0 bridgehead atoms. The molecule has 0 aliphatic carbocycles. The summed E-state index contributed by atoms with van der Waals surface area (Å²) in [4.78, 5) is 0. The summed E-state index contributed by atoms with van der Waals surface area (Å²) >= 11 is 4.65. The summed E-state index contributed by atoms with van der Waals surface area (Å²) in [6.45, 7) is 2.64. The van der Waals surface area contributed by atoms with Crippen molar-refractivity contribution < 1.29 is 8.42 Å². The Morgan fingerprint density at radius 3 is 2.48 bits per heavy atom. The Morgan fingerprint density at radius 2 is 1.83 bits per heavy atom. The summed E-state index contributed by atoms with van der Waals surface area (Å²) in [6, 6.07) is 11.7. The molecule has 1 atom stereocenters. The Balaban J connectivity index is 2.00. The van der Waals surface area contributed by atoms with Crippen molar-refractivity contribution in [3.8, 4) is 0 Å². The summed E-state index contributed by atoms with van der Waals surface area (Å²) in [5.41, 5.74) is 2.29. The van der Waals surface area contributed by atoms with E-state index in [1.54, 1.807) is 16.4 Å². The minimum atomic E-state index is -3.45. The first-order valence-electron chi connectivity index (χ1n) is 7.82. The third-order valence-corrected chi connectivity index (χ3v) is 8.28. The average Bonchev–Trinajstić information content (AvgIpc) is 2.82. The number of hydrogen-bond donors (Lipinski definition) is 0. The monoisotopic (exact) mass is 413 g/mol. The second-order valence-electron chi connectivity index (χ2n) is 5.95. The van der Waals surface area contributed by atoms with E-state index in [1.807, 2.05) is 0 Å². The van der Waals surface area contributed by atoms with Crippen LogP contribution in [0.25, 0.3) is 0 Å². The number of thiophene rings is 1. The van der Waals surface area contributed by atoms with Crippen LogP contribution >= 0.6 is 27.3 Å². The van der Waals surface area contributed by atoms with E-state index >= 15 is 0 Å². The van der Waals surface area contributed by atoms with Crippen LogP contribution in [0.3, 0.4) is 0 Å². The van der Waals surface area contributed by atoms with Gasteiger partial charge in [-0.25, -0.2) is 8.42 Å². The molecule has 23 heavy (non-hydrogen) atoms. The molecule has 1 aromatic carbocycles. The second kappa shape index (κ2) is 7.05. The molecule has 3 rings (SSSR count). The van der Waals surface area contributed by atoms with Crippen molar-refractivity contribution in [3.63, 3.8) is 0 Å². The zero-order valence-corrected chi connectivity index (χ0v) is 16.3. The summed E-state index contributed by atoms with van der Waals surface area (Å²) < 4.78 is 29.2. The molecular weight excluding hydrogens is 394 g/mol. The predicted octanol–water partition coefficient (Wildman–Crippen LogP) is 5.13. The van der Waals surface area contributed by atoms with Crippen molar-refractivity contribution in [2.24, 2.45) is 0 Å². The minimum absolute atomic E-state index is 0.0658. The van der Waals surface area contributed by atoms with Crippen molar-refractivity contribution in [2.75, 3.05) is 6.54 Å². The summed E-state index contributed by atoms with van der Waals surface area (Å²) in [6.07, 6.45) is 3.96. The van der Waals surface area contributed by atoms with E-state index in [-0.39, 0.29) is 6.04 Å². The van der Waals surface area contributed by atoms with Crippen LogP contribution in [0, 0.1) is 6.92 Å². The maximum absolute atomic E-state index is 13.1. The zero-order valence-electron chi connectivity index (χ0n) is 13.0. The molecule has 0 amide bonds. The van der Waals surface area contributed by atoms with Gasteiger partial charge in [-0.2, -0.15) is 4.31 Å². The van der Waals surface area contributed by atoms with Gasteiger partial charge in [-0.15, -0.1) is 11.3 Å². The minimum Gasteiger partial charge on any atom is -0.206 e. The van der Waals surface area contributed by atoms with Crippen molar-refractivity contribution in [2.45, 2.75) is 42.9 Å². The van der Waals surface area contributed by atoms with E-state index in [2.05, 4.69) is 47.1 Å². The standard InChI is InChI=1S/C17H20BrNO2S2/c1-13-6-8-14(9-7-13)15-5-3-2-4-12-19(15)23(20,21)17-11-10-16(18)22-17/h6-11,15H,2-5,12H2,1H3. The molecule has 0 spiro atoms. The Bertz CT molecular complexity index is 768. The normalized spacial score (nSPS) is 20.3. The number of halogens is 1. The molecule has 6 heteroatoms. The topological polar surface area (TPSA) is 37.4 Å². The molecule has 1 unspecified atom stereocenters. The van der Waals surface area contributed by atoms with E-state index in [0.717, 1.165) is 35.0 Å². The summed E-state index contributed by atoms with van der Waals surface area (Å²) in [7, 11) is -3.45. The lowest BCUT2D eigenvalue weighted by molar-refractivity contribution is 0.329. The fourth-order valence-electron chi connectivity index (χ4n) is 3.04. The van der Waals surface area contributed by atoms with Gasteiger partial charge >= 0.3 is 0 Å². The van der Waals surface area contributed by atoms with Crippen LogP contribution in [0.2, 0.25) is 0 Å². The van der Waals surface area contributed by atoms with E-state index in [0.29, 0.717) is 10.8 Å². The third kappa shape index (κ3) is 3.71. The smallest absolute Gasteiger partial charge is 0.206 e. The lowest BCUT2D eigenvalue weighted by Gasteiger charge is -2.29. The number of nitrogens with zero attached hydrogens (tertiary/aromatic N) is 1. The number of rotatable bonds is 3. The number of sulfonamides is 1. The lowest BCUT2D eigenvalue weighted by Crippen LogP contribution is -2.34. The van der Waals surface area contributed by atoms with Crippen molar-refractivity contribution >= 4 is 37.3 Å². The number of benzene rings is 1. The predicted molar refractivity (Wildman–Crippen MR) is 98.3 cm³/mol. The summed E-state index contributed by atoms with van der Waals surface area (Å²) in [5, 5.41) is 0. The van der Waals surface area contributed by atoms with Gasteiger partial charge in [0.15, 0.2) is 0 Å². The molecule has 1 fully saturated rings. The van der Waals surface area contributed by atoms with E-state index in [1.165, 1.54) is 16.9 Å². The number of hydrogen-bond acceptors (Lipinski definition) is 3. The van der Waals surface area contributed by atoms with Gasteiger partial charge in [0.1, 0.15) is 4.21 Å². The molecule has 1 saturated heterocycles. The Kier molecular flexibility index (Phi) is 5.26. The first kappa shape index (κ1) is 17.1. The highest BCUT2D eigenvalue weighted by Gasteiger charge is 2.34. The molecule has 2 heterocycles. The zero-order chi connectivity index (χ0) is 16.4. The van der Waals surface area contributed by atoms with Crippen molar-refractivity contribution in [3.05, 3.63) is 51.3 Å². The van der Waals surface area contributed by atoms with Gasteiger partial charge in [0.25, 0.3) is 10.0 Å². The molecular formula is C17H20BrNO2S2. The van der Waals surface area contributed by atoms with Crippen LogP contribution in [0.5, 0.6) is 0 Å². The highest BCUT2D eigenvalue weighted by molar-refractivity contribution is 9.11. The molecule has 3 nitrogen and oxygen atoms in total. The molecule has 0 saturated carbocycles. The molecule has 1 aromatic heterocycles. The van der Waals surface area contributed by atoms with Crippen LogP contribution in [0.15, 0.2) is 44.4 Å². The van der Waals surface area contributed by atoms with Crippen molar-refractivity contribution in [1.29, 1.82) is 0 Å². The lowest BCUT2D eigenvalue weighted by atomic mass is 10.0. The van der Waals surface area contributed by atoms with Gasteiger partial charge in [0, 0.05) is 6.54 Å². The second-order valence-corrected chi connectivity index (χ2v) is 10.5. The van der Waals surface area contributed by atoms with E-state index < -0.39 is 10.0 Å². The van der Waals surface area contributed by atoms with Crippen molar-refractivity contribution in [1.82, 2.24) is 4.31 Å². The van der Waals surface area contributed by atoms with Gasteiger partial charge in [0.05, 0.1) is 9.83 Å². The maximum Gasteiger partial charge on any atom is 0.253 e. The van der Waals surface area contributed by atoms with Gasteiger partial charge in [-0.1, -0.05) is 42.7 Å². The van der Waals surface area contributed by atoms with Gasteiger partial charge in [-0.05, 0) is 53.4 Å². The highest BCUT2D eigenvalue weighted by atomic mass is 79.9. The van der Waals surface area contributed by atoms with Gasteiger partial charge < -0.3 is 0 Å². The third-order valence-electron chi connectivity index (χ3n) is 4.28. The van der Waals surface area contributed by atoms with Crippen LogP contribution in [-0.2, 0) is 10.0 Å². The molecule has 2 aromatic rings. The SMILES string of the molecule is Cc1ccc(C2CCCCCN2S(=O)(=O)c2ccc(Br)s2)cc1. The largest absolute Gasteiger partial charge is 0.253 e. The quantitative estimate of drug-likeness (QED) is 0.699. The first-order valence-corrected chi connectivity index (χ1v) is 10.9. The maximum atomic E-state index is 13.1. The molecule has 0 radical (unpaired) electrons. The fraction of sp³-hybridized carbons (Fsp3) is 0.412. The Labute approximate surface area is 150 Å². The highest BCUT2D eigenvalue weighted by Crippen LogP contribution is 2.37. The molecule has 1 aliphatic heterocycles. The Hall–Kier alpha value is -0.690. The number of aryl methyl sites for hydroxylation is 1.